The van der Waals surface area contributed by atoms with Gasteiger partial charge in [0.2, 0.25) is 0 Å². The lowest BCUT2D eigenvalue weighted by atomic mass is 10.0. The number of rotatable bonds is 1. The van der Waals surface area contributed by atoms with Crippen LogP contribution in [0.4, 0.5) is 10.1 Å². The molecule has 0 aliphatic heterocycles. The maximum atomic E-state index is 13.3. The van der Waals surface area contributed by atoms with Gasteiger partial charge < -0.3 is 10.3 Å². The van der Waals surface area contributed by atoms with Gasteiger partial charge in [0.25, 0.3) is 5.56 Å². The lowest BCUT2D eigenvalue weighted by molar-refractivity contribution is 0.632. The number of nitrogens with two attached hydrogens (primary N) is 1. The molecule has 2 aromatic heterocycles. The summed E-state index contributed by atoms with van der Waals surface area (Å²) in [7, 11) is 1.65. The van der Waals surface area contributed by atoms with Gasteiger partial charge in [0.05, 0.1) is 11.2 Å². The van der Waals surface area contributed by atoms with Crippen molar-refractivity contribution >= 4 is 28.2 Å². The Morgan fingerprint density at radius 1 is 1.29 bits per heavy atom. The molecule has 0 bridgehead atoms. The number of nitrogens with zero attached hydrogens (tertiary/aromatic N) is 2. The molecule has 0 saturated carbocycles. The lowest BCUT2D eigenvalue weighted by Gasteiger charge is -2.09. The van der Waals surface area contributed by atoms with Gasteiger partial charge in [-0.3, -0.25) is 4.79 Å². The molecule has 0 unspecified atom stereocenters. The molecule has 106 valence electrons. The molecule has 0 spiro atoms. The quantitative estimate of drug-likeness (QED) is 0.555. The third kappa shape index (κ3) is 2.25. The molecule has 21 heavy (non-hydrogen) atoms. The minimum absolute atomic E-state index is 0.00359. The van der Waals surface area contributed by atoms with E-state index in [9.17, 15) is 9.18 Å². The van der Waals surface area contributed by atoms with Gasteiger partial charge in [0.1, 0.15) is 11.0 Å². The zero-order valence-corrected chi connectivity index (χ0v) is 11.9. The lowest BCUT2D eigenvalue weighted by Crippen LogP contribution is -2.19. The number of hydrogen-bond donors (Lipinski definition) is 1. The Labute approximate surface area is 124 Å². The van der Waals surface area contributed by atoms with Crippen LogP contribution in [0.1, 0.15) is 0 Å². The van der Waals surface area contributed by atoms with E-state index in [4.69, 9.17) is 17.3 Å². The molecule has 0 fully saturated rings. The molecule has 3 aromatic rings. The maximum Gasteiger partial charge on any atom is 0.258 e. The summed E-state index contributed by atoms with van der Waals surface area (Å²) in [6.45, 7) is 0. The highest BCUT2D eigenvalue weighted by Gasteiger charge is 2.11. The first-order valence-corrected chi connectivity index (χ1v) is 6.56. The second-order valence-corrected chi connectivity index (χ2v) is 5.11. The fourth-order valence-electron chi connectivity index (χ4n) is 2.26. The van der Waals surface area contributed by atoms with Gasteiger partial charge in [-0.05, 0) is 29.8 Å². The summed E-state index contributed by atoms with van der Waals surface area (Å²) < 4.78 is 14.7. The van der Waals surface area contributed by atoms with Crippen molar-refractivity contribution in [3.8, 4) is 11.1 Å². The molecule has 1 aromatic carbocycles. The molecular formula is C15H11ClFN3O. The van der Waals surface area contributed by atoms with Crippen molar-refractivity contribution in [2.75, 3.05) is 5.73 Å². The topological polar surface area (TPSA) is 60.9 Å². The standard InChI is InChI=1S/C15H11ClFN3O/c1-20-13-6-14(16)19-7-9(13)4-10(15(20)21)8-2-3-11(17)12(18)5-8/h2-7H,18H2,1H3. The molecule has 2 N–H and O–H groups in total. The molecule has 0 radical (unpaired) electrons. The summed E-state index contributed by atoms with van der Waals surface area (Å²) in [6.07, 6.45) is 1.59. The molecule has 2 heterocycles. The molecule has 4 nitrogen and oxygen atoms in total. The van der Waals surface area contributed by atoms with Crippen molar-refractivity contribution in [2.45, 2.75) is 0 Å². The Morgan fingerprint density at radius 3 is 2.76 bits per heavy atom. The van der Waals surface area contributed by atoms with Gasteiger partial charge in [0, 0.05) is 24.2 Å². The molecule has 0 aliphatic rings. The monoisotopic (exact) mass is 303 g/mol. The van der Waals surface area contributed by atoms with E-state index in [1.807, 2.05) is 0 Å². The number of aryl methyl sites for hydroxylation is 1. The van der Waals surface area contributed by atoms with E-state index in [0.29, 0.717) is 21.8 Å². The Hall–Kier alpha value is -2.40. The summed E-state index contributed by atoms with van der Waals surface area (Å²) in [5.41, 5.74) is 7.03. The Balaban J connectivity index is 2.33. The van der Waals surface area contributed by atoms with Gasteiger partial charge in [-0.25, -0.2) is 9.37 Å². The second-order valence-electron chi connectivity index (χ2n) is 4.72. The van der Waals surface area contributed by atoms with Crippen LogP contribution in [0.25, 0.3) is 22.0 Å². The molecule has 0 saturated heterocycles. The fraction of sp³-hybridized carbons (Fsp3) is 0.0667. The minimum Gasteiger partial charge on any atom is -0.396 e. The van der Waals surface area contributed by atoms with E-state index in [2.05, 4.69) is 4.98 Å². The third-order valence-corrected chi connectivity index (χ3v) is 3.59. The SMILES string of the molecule is Cn1c(=O)c(-c2ccc(F)c(N)c2)cc2cnc(Cl)cc21. The highest BCUT2D eigenvalue weighted by molar-refractivity contribution is 6.30. The van der Waals surface area contributed by atoms with Crippen LogP contribution >= 0.6 is 11.6 Å². The first-order chi connectivity index (χ1) is 9.97. The first-order valence-electron chi connectivity index (χ1n) is 6.18. The fourth-order valence-corrected chi connectivity index (χ4v) is 2.41. The van der Waals surface area contributed by atoms with E-state index in [1.54, 1.807) is 25.4 Å². The largest absolute Gasteiger partial charge is 0.396 e. The predicted octanol–water partition coefficient (Wildman–Crippen LogP) is 2.98. The van der Waals surface area contributed by atoms with Crippen molar-refractivity contribution in [3.05, 3.63) is 57.9 Å². The van der Waals surface area contributed by atoms with Crippen molar-refractivity contribution in [2.24, 2.45) is 7.05 Å². The van der Waals surface area contributed by atoms with Crippen LogP contribution in [-0.4, -0.2) is 9.55 Å². The van der Waals surface area contributed by atoms with Crippen LogP contribution in [0.15, 0.2) is 41.3 Å². The maximum absolute atomic E-state index is 13.3. The zero-order chi connectivity index (χ0) is 15.1. The second kappa shape index (κ2) is 4.86. The van der Waals surface area contributed by atoms with E-state index >= 15 is 0 Å². The normalized spacial score (nSPS) is 11.0. The summed E-state index contributed by atoms with van der Waals surface area (Å²) in [4.78, 5) is 16.5. The highest BCUT2D eigenvalue weighted by atomic mass is 35.5. The summed E-state index contributed by atoms with van der Waals surface area (Å²) in [5, 5.41) is 1.08. The van der Waals surface area contributed by atoms with Crippen molar-refractivity contribution in [1.82, 2.24) is 9.55 Å². The molecule has 6 heteroatoms. The summed E-state index contributed by atoms with van der Waals surface area (Å²) in [6, 6.07) is 7.54. The number of aromatic nitrogens is 2. The van der Waals surface area contributed by atoms with E-state index in [1.165, 1.54) is 22.8 Å². The van der Waals surface area contributed by atoms with E-state index < -0.39 is 5.82 Å². The Kier molecular flexibility index (Phi) is 3.14. The molecule has 0 atom stereocenters. The summed E-state index contributed by atoms with van der Waals surface area (Å²) >= 11 is 5.85. The number of halogens is 2. The molecule has 0 aliphatic carbocycles. The number of benzene rings is 1. The molecular weight excluding hydrogens is 293 g/mol. The molecule has 0 amide bonds. The minimum atomic E-state index is -0.509. The number of pyridine rings is 2. The third-order valence-electron chi connectivity index (χ3n) is 3.38. The van der Waals surface area contributed by atoms with Crippen molar-refractivity contribution in [1.29, 1.82) is 0 Å². The van der Waals surface area contributed by atoms with Gasteiger partial charge in [-0.2, -0.15) is 0 Å². The van der Waals surface area contributed by atoms with Crippen LogP contribution < -0.4 is 11.3 Å². The number of nitrogen functional groups attached to an aromatic ring is 1. The van der Waals surface area contributed by atoms with Gasteiger partial charge in [-0.15, -0.1) is 0 Å². The van der Waals surface area contributed by atoms with Crippen LogP contribution in [0, 0.1) is 5.82 Å². The predicted molar refractivity (Wildman–Crippen MR) is 81.8 cm³/mol. The number of fused-ring (bicyclic) bond motifs is 1. The van der Waals surface area contributed by atoms with E-state index in [0.717, 1.165) is 5.39 Å². The van der Waals surface area contributed by atoms with Gasteiger partial charge in [-0.1, -0.05) is 17.7 Å². The highest BCUT2D eigenvalue weighted by Crippen LogP contribution is 2.24. The summed E-state index contributed by atoms with van der Waals surface area (Å²) in [5.74, 6) is -0.509. The van der Waals surface area contributed by atoms with Crippen LogP contribution in [0.3, 0.4) is 0 Å². The van der Waals surface area contributed by atoms with Crippen LogP contribution in [0.2, 0.25) is 5.15 Å². The first kappa shape index (κ1) is 13.6. The Bertz CT molecular complexity index is 921. The average molecular weight is 304 g/mol. The van der Waals surface area contributed by atoms with Crippen LogP contribution in [-0.2, 0) is 7.05 Å². The zero-order valence-electron chi connectivity index (χ0n) is 11.1. The number of anilines is 1. The van der Waals surface area contributed by atoms with Crippen molar-refractivity contribution in [3.63, 3.8) is 0 Å². The van der Waals surface area contributed by atoms with Crippen LogP contribution in [0.5, 0.6) is 0 Å². The van der Waals surface area contributed by atoms with E-state index in [-0.39, 0.29) is 11.2 Å². The number of hydrogen-bond acceptors (Lipinski definition) is 3. The molecule has 3 rings (SSSR count). The van der Waals surface area contributed by atoms with Gasteiger partial charge in [0.15, 0.2) is 0 Å². The smallest absolute Gasteiger partial charge is 0.258 e. The average Bonchev–Trinajstić information content (AvgIpc) is 2.46. The van der Waals surface area contributed by atoms with Gasteiger partial charge >= 0.3 is 0 Å². The van der Waals surface area contributed by atoms with Crippen molar-refractivity contribution < 1.29 is 4.39 Å². The Morgan fingerprint density at radius 2 is 2.05 bits per heavy atom.